The summed E-state index contributed by atoms with van der Waals surface area (Å²) in [5.41, 5.74) is 22.2. The monoisotopic (exact) mass is 877 g/mol. The van der Waals surface area contributed by atoms with Crippen LogP contribution in [0, 0.1) is 0 Å². The van der Waals surface area contributed by atoms with E-state index in [2.05, 4.69) is 290 Å². The third kappa shape index (κ3) is 6.17. The molecule has 0 aromatic heterocycles. The summed E-state index contributed by atoms with van der Waals surface area (Å²) in [6.07, 6.45) is 0. The molecule has 13 rings (SSSR count). The standard InChI is InChI=1S/C68H47N/c1-6-23-48(24-7-1)49-41-43-54(44-42-49)69(55-45-46-57-56-33-16-19-37-61(56)68(64(57)47-55,52-29-12-4-13-30-52)53-31-14-5-15-32-53)65-40-21-18-34-58(65)59-36-22-39-63-66(59)60-35-17-20-38-62(60)67(63,50-25-8-2-9-26-50)51-27-10-3-11-28-51/h1-47H. The van der Waals surface area contributed by atoms with Crippen LogP contribution in [0.4, 0.5) is 17.1 Å². The molecule has 324 valence electrons. The molecule has 69 heavy (non-hydrogen) atoms. The van der Waals surface area contributed by atoms with E-state index in [-0.39, 0.29) is 0 Å². The molecule has 11 aromatic rings. The second-order valence-electron chi connectivity index (χ2n) is 18.3. The van der Waals surface area contributed by atoms with E-state index in [1.807, 2.05) is 0 Å². The molecule has 0 N–H and O–H groups in total. The number of benzene rings is 11. The maximum Gasteiger partial charge on any atom is 0.0714 e. The summed E-state index contributed by atoms with van der Waals surface area (Å²) in [6, 6.07) is 105. The van der Waals surface area contributed by atoms with Gasteiger partial charge in [-0.3, -0.25) is 0 Å². The lowest BCUT2D eigenvalue weighted by Crippen LogP contribution is -2.28. The fourth-order valence-electron chi connectivity index (χ4n) is 12.0. The Kier molecular flexibility index (Phi) is 9.70. The minimum Gasteiger partial charge on any atom is -0.310 e. The third-order valence-corrected chi connectivity index (χ3v) is 14.9. The van der Waals surface area contributed by atoms with Crippen molar-refractivity contribution in [2.75, 3.05) is 4.90 Å². The molecule has 0 amide bonds. The van der Waals surface area contributed by atoms with Crippen LogP contribution in [0.5, 0.6) is 0 Å². The first-order valence-electron chi connectivity index (χ1n) is 24.0. The van der Waals surface area contributed by atoms with Gasteiger partial charge in [0.25, 0.3) is 0 Å². The van der Waals surface area contributed by atoms with Crippen LogP contribution in [0.3, 0.4) is 0 Å². The lowest BCUT2D eigenvalue weighted by atomic mass is 9.67. The molecule has 0 saturated heterocycles. The molecule has 1 heteroatoms. The first-order valence-corrected chi connectivity index (χ1v) is 24.0. The molecule has 0 atom stereocenters. The zero-order valence-corrected chi connectivity index (χ0v) is 38.1. The highest BCUT2D eigenvalue weighted by atomic mass is 15.1. The Morgan fingerprint density at radius 1 is 0.232 bits per heavy atom. The van der Waals surface area contributed by atoms with Crippen molar-refractivity contribution in [2.45, 2.75) is 10.8 Å². The predicted octanol–water partition coefficient (Wildman–Crippen LogP) is 17.2. The molecular weight excluding hydrogens is 831 g/mol. The van der Waals surface area contributed by atoms with Gasteiger partial charge in [0.05, 0.1) is 16.5 Å². The van der Waals surface area contributed by atoms with E-state index >= 15 is 0 Å². The molecule has 0 spiro atoms. The van der Waals surface area contributed by atoms with E-state index in [1.54, 1.807) is 0 Å². The lowest BCUT2D eigenvalue weighted by Gasteiger charge is -2.35. The number of hydrogen-bond donors (Lipinski definition) is 0. The van der Waals surface area contributed by atoms with Gasteiger partial charge in [0, 0.05) is 16.9 Å². The summed E-state index contributed by atoms with van der Waals surface area (Å²) in [4.78, 5) is 2.50. The van der Waals surface area contributed by atoms with Gasteiger partial charge in [0.1, 0.15) is 0 Å². The fourth-order valence-corrected chi connectivity index (χ4v) is 12.0. The van der Waals surface area contributed by atoms with Crippen molar-refractivity contribution < 1.29 is 0 Å². The highest BCUT2D eigenvalue weighted by Crippen LogP contribution is 2.60. The number of anilines is 3. The van der Waals surface area contributed by atoms with Crippen LogP contribution in [0.15, 0.2) is 285 Å². The molecular formula is C68H47N. The molecule has 2 aliphatic rings. The molecule has 11 aromatic carbocycles. The van der Waals surface area contributed by atoms with Crippen LogP contribution in [0.1, 0.15) is 44.5 Å². The van der Waals surface area contributed by atoms with Crippen LogP contribution >= 0.6 is 0 Å². The molecule has 0 bridgehead atoms. The van der Waals surface area contributed by atoms with Crippen molar-refractivity contribution >= 4 is 17.1 Å². The largest absolute Gasteiger partial charge is 0.310 e. The van der Waals surface area contributed by atoms with Crippen molar-refractivity contribution in [3.63, 3.8) is 0 Å². The minimum atomic E-state index is -0.547. The van der Waals surface area contributed by atoms with Crippen LogP contribution in [0.2, 0.25) is 0 Å². The van der Waals surface area contributed by atoms with Crippen LogP contribution in [-0.2, 0) is 10.8 Å². The van der Waals surface area contributed by atoms with Crippen molar-refractivity contribution in [1.29, 1.82) is 0 Å². The number of fused-ring (bicyclic) bond motifs is 6. The number of nitrogens with zero attached hydrogens (tertiary/aromatic N) is 1. The Bertz CT molecular complexity index is 3560. The Labute approximate surface area is 404 Å². The molecule has 0 radical (unpaired) electrons. The summed E-state index contributed by atoms with van der Waals surface area (Å²) < 4.78 is 0. The molecule has 1 nitrogen and oxygen atoms in total. The summed E-state index contributed by atoms with van der Waals surface area (Å²) in [5.74, 6) is 0. The van der Waals surface area contributed by atoms with Gasteiger partial charge in [-0.05, 0) is 114 Å². The summed E-state index contributed by atoms with van der Waals surface area (Å²) in [5, 5.41) is 0. The smallest absolute Gasteiger partial charge is 0.0714 e. The average Bonchev–Trinajstić information content (AvgIpc) is 3.91. The van der Waals surface area contributed by atoms with E-state index < -0.39 is 10.8 Å². The second-order valence-corrected chi connectivity index (χ2v) is 18.3. The van der Waals surface area contributed by atoms with Crippen molar-refractivity contribution in [1.82, 2.24) is 0 Å². The van der Waals surface area contributed by atoms with Crippen LogP contribution in [-0.4, -0.2) is 0 Å². The highest BCUT2D eigenvalue weighted by Gasteiger charge is 2.48. The summed E-state index contributed by atoms with van der Waals surface area (Å²) in [6.45, 7) is 0. The second kappa shape index (κ2) is 16.5. The topological polar surface area (TPSA) is 3.24 Å². The molecule has 0 unspecified atom stereocenters. The zero-order chi connectivity index (χ0) is 45.8. The van der Waals surface area contributed by atoms with Crippen LogP contribution < -0.4 is 4.90 Å². The van der Waals surface area contributed by atoms with Gasteiger partial charge < -0.3 is 4.90 Å². The predicted molar refractivity (Wildman–Crippen MR) is 287 cm³/mol. The van der Waals surface area contributed by atoms with E-state index in [1.165, 1.54) is 83.5 Å². The number of rotatable bonds is 9. The van der Waals surface area contributed by atoms with Gasteiger partial charge >= 0.3 is 0 Å². The van der Waals surface area contributed by atoms with E-state index in [0.29, 0.717) is 0 Å². The normalized spacial score (nSPS) is 13.4. The van der Waals surface area contributed by atoms with Gasteiger partial charge in [-0.25, -0.2) is 0 Å². The van der Waals surface area contributed by atoms with Gasteiger partial charge in [-0.15, -0.1) is 0 Å². The van der Waals surface area contributed by atoms with Crippen molar-refractivity contribution in [2.24, 2.45) is 0 Å². The van der Waals surface area contributed by atoms with E-state index in [4.69, 9.17) is 0 Å². The highest BCUT2D eigenvalue weighted by molar-refractivity contribution is 6.00. The van der Waals surface area contributed by atoms with Crippen molar-refractivity contribution in [3.05, 3.63) is 330 Å². The summed E-state index contributed by atoms with van der Waals surface area (Å²) >= 11 is 0. The Balaban J connectivity index is 1.08. The third-order valence-electron chi connectivity index (χ3n) is 14.9. The Hall–Kier alpha value is -8.78. The van der Waals surface area contributed by atoms with Crippen LogP contribution in [0.25, 0.3) is 44.5 Å². The molecule has 0 fully saturated rings. The lowest BCUT2D eigenvalue weighted by molar-refractivity contribution is 0.768. The Morgan fingerprint density at radius 2 is 0.623 bits per heavy atom. The summed E-state index contributed by atoms with van der Waals surface area (Å²) in [7, 11) is 0. The number of para-hydroxylation sites is 1. The number of hydrogen-bond acceptors (Lipinski definition) is 1. The maximum absolute atomic E-state index is 2.50. The quantitative estimate of drug-likeness (QED) is 0.140. The molecule has 0 heterocycles. The van der Waals surface area contributed by atoms with Gasteiger partial charge in [-0.2, -0.15) is 0 Å². The van der Waals surface area contributed by atoms with Gasteiger partial charge in [0.2, 0.25) is 0 Å². The maximum atomic E-state index is 2.50. The van der Waals surface area contributed by atoms with Gasteiger partial charge in [-0.1, -0.05) is 255 Å². The van der Waals surface area contributed by atoms with E-state index in [9.17, 15) is 0 Å². The van der Waals surface area contributed by atoms with Gasteiger partial charge in [0.15, 0.2) is 0 Å². The minimum absolute atomic E-state index is 0.514. The first-order chi connectivity index (χ1) is 34.3. The first kappa shape index (κ1) is 40.5. The fraction of sp³-hybridized carbons (Fsp3) is 0.0294. The zero-order valence-electron chi connectivity index (χ0n) is 38.1. The molecule has 0 saturated carbocycles. The molecule has 0 aliphatic heterocycles. The SMILES string of the molecule is c1ccc(-c2ccc(N(c3ccc4c(c3)C(c3ccccc3)(c3ccccc3)c3ccccc3-4)c3ccccc3-c3cccc4c3-c3ccccc3C4(c3ccccc3)c3ccccc3)cc2)cc1. The average molecular weight is 878 g/mol. The van der Waals surface area contributed by atoms with Crippen molar-refractivity contribution in [3.8, 4) is 44.5 Å². The Morgan fingerprint density at radius 3 is 1.20 bits per heavy atom. The molecule has 2 aliphatic carbocycles. The van der Waals surface area contributed by atoms with E-state index in [0.717, 1.165) is 22.6 Å².